The zero-order chi connectivity index (χ0) is 17.4. The van der Waals surface area contributed by atoms with Gasteiger partial charge in [-0.05, 0) is 34.9 Å². The molecule has 0 saturated carbocycles. The van der Waals surface area contributed by atoms with E-state index in [1.807, 2.05) is 59.5 Å². The van der Waals surface area contributed by atoms with Gasteiger partial charge in [-0.15, -0.1) is 0 Å². The number of carbonyl (C=O) groups is 1. The molecule has 25 heavy (non-hydrogen) atoms. The van der Waals surface area contributed by atoms with Crippen molar-refractivity contribution in [3.8, 4) is 16.9 Å². The maximum absolute atomic E-state index is 12.6. The van der Waals surface area contributed by atoms with Crippen LogP contribution in [0.25, 0.3) is 11.1 Å². The summed E-state index contributed by atoms with van der Waals surface area (Å²) in [4.78, 5) is 14.5. The minimum Gasteiger partial charge on any atom is -0.497 e. The number of para-hydroxylation sites is 1. The molecule has 0 aromatic heterocycles. The fourth-order valence-corrected chi connectivity index (χ4v) is 3.64. The quantitative estimate of drug-likeness (QED) is 0.675. The molecular formula is C22H19NO2. The molecule has 0 N–H and O–H groups in total. The van der Waals surface area contributed by atoms with Crippen LogP contribution in [0.15, 0.2) is 72.8 Å². The smallest absolute Gasteiger partial charge is 0.224 e. The van der Waals surface area contributed by atoms with Gasteiger partial charge in [0.2, 0.25) is 5.91 Å². The van der Waals surface area contributed by atoms with E-state index in [9.17, 15) is 4.79 Å². The summed E-state index contributed by atoms with van der Waals surface area (Å²) < 4.78 is 5.28. The van der Waals surface area contributed by atoms with E-state index in [1.165, 1.54) is 5.56 Å². The zero-order valence-corrected chi connectivity index (χ0v) is 14.3. The summed E-state index contributed by atoms with van der Waals surface area (Å²) in [6.07, 6.45) is 0. The van der Waals surface area contributed by atoms with Crippen LogP contribution in [0.2, 0.25) is 0 Å². The van der Waals surface area contributed by atoms with E-state index in [2.05, 4.69) is 18.2 Å². The van der Waals surface area contributed by atoms with Crippen molar-refractivity contribution in [1.29, 1.82) is 0 Å². The molecule has 4 rings (SSSR count). The van der Waals surface area contributed by atoms with Crippen molar-refractivity contribution in [3.05, 3.63) is 83.9 Å². The lowest BCUT2D eigenvalue weighted by Crippen LogP contribution is -2.36. The molecule has 1 atom stereocenters. The highest BCUT2D eigenvalue weighted by Gasteiger charge is 2.34. The molecule has 3 nitrogen and oxygen atoms in total. The Bertz CT molecular complexity index is 931. The molecule has 3 heteroatoms. The lowest BCUT2D eigenvalue weighted by molar-refractivity contribution is -0.116. The minimum absolute atomic E-state index is 0.0303. The molecule has 1 aliphatic heterocycles. The lowest BCUT2D eigenvalue weighted by atomic mass is 9.85. The number of benzene rings is 3. The van der Waals surface area contributed by atoms with Gasteiger partial charge in [-0.25, -0.2) is 0 Å². The van der Waals surface area contributed by atoms with Crippen LogP contribution in [-0.2, 0) is 4.79 Å². The van der Waals surface area contributed by atoms with Crippen molar-refractivity contribution in [2.24, 2.45) is 0 Å². The van der Waals surface area contributed by atoms with Crippen molar-refractivity contribution in [3.63, 3.8) is 0 Å². The van der Waals surface area contributed by atoms with Crippen molar-refractivity contribution < 1.29 is 9.53 Å². The zero-order valence-electron chi connectivity index (χ0n) is 14.3. The monoisotopic (exact) mass is 329 g/mol. The third-order valence-electron chi connectivity index (χ3n) is 4.74. The maximum atomic E-state index is 12.6. The van der Waals surface area contributed by atoms with E-state index in [1.54, 1.807) is 14.0 Å². The van der Waals surface area contributed by atoms with Crippen LogP contribution < -0.4 is 9.64 Å². The van der Waals surface area contributed by atoms with E-state index in [0.717, 1.165) is 28.1 Å². The molecule has 3 aromatic rings. The van der Waals surface area contributed by atoms with Gasteiger partial charge in [0.25, 0.3) is 0 Å². The molecule has 1 aliphatic rings. The molecule has 3 aromatic carbocycles. The number of ether oxygens (including phenoxy) is 1. The van der Waals surface area contributed by atoms with Gasteiger partial charge in [0.05, 0.1) is 18.8 Å². The van der Waals surface area contributed by atoms with Gasteiger partial charge in [-0.2, -0.15) is 0 Å². The number of hydrogen-bond donors (Lipinski definition) is 0. The van der Waals surface area contributed by atoms with Crippen LogP contribution >= 0.6 is 0 Å². The Morgan fingerprint density at radius 2 is 1.52 bits per heavy atom. The number of carbonyl (C=O) groups excluding carboxylic acids is 1. The summed E-state index contributed by atoms with van der Waals surface area (Å²) in [5.41, 5.74) is 5.43. The SMILES string of the molecule is COc1ccc(C2c3ccccc3-c3ccccc3N2C(C)=O)cc1. The third-order valence-corrected chi connectivity index (χ3v) is 4.74. The van der Waals surface area contributed by atoms with Crippen LogP contribution in [0.1, 0.15) is 24.1 Å². The Balaban J connectivity index is 1.96. The van der Waals surface area contributed by atoms with Crippen molar-refractivity contribution >= 4 is 11.6 Å². The molecule has 0 aliphatic carbocycles. The minimum atomic E-state index is -0.144. The first kappa shape index (κ1) is 15.5. The molecule has 1 amide bonds. The summed E-state index contributed by atoms with van der Waals surface area (Å²) in [5, 5.41) is 0. The van der Waals surface area contributed by atoms with Crippen LogP contribution in [0.5, 0.6) is 5.75 Å². The Kier molecular flexibility index (Phi) is 3.77. The Labute approximate surface area is 147 Å². The summed E-state index contributed by atoms with van der Waals surface area (Å²) in [6, 6.07) is 24.2. The lowest BCUT2D eigenvalue weighted by Gasteiger charge is -2.38. The van der Waals surface area contributed by atoms with Crippen molar-refractivity contribution in [2.75, 3.05) is 12.0 Å². The van der Waals surface area contributed by atoms with Gasteiger partial charge >= 0.3 is 0 Å². The average molecular weight is 329 g/mol. The summed E-state index contributed by atoms with van der Waals surface area (Å²) in [7, 11) is 1.66. The van der Waals surface area contributed by atoms with Crippen LogP contribution in [0.4, 0.5) is 5.69 Å². The summed E-state index contributed by atoms with van der Waals surface area (Å²) in [5.74, 6) is 0.838. The average Bonchev–Trinajstić information content (AvgIpc) is 2.67. The first-order chi connectivity index (χ1) is 12.2. The highest BCUT2D eigenvalue weighted by molar-refractivity contribution is 6.00. The number of fused-ring (bicyclic) bond motifs is 3. The third kappa shape index (κ3) is 2.49. The molecule has 0 bridgehead atoms. The maximum Gasteiger partial charge on any atom is 0.224 e. The highest BCUT2D eigenvalue weighted by Crippen LogP contribution is 2.47. The Hall–Kier alpha value is -3.07. The number of methoxy groups -OCH3 is 1. The molecule has 0 saturated heterocycles. The van der Waals surface area contributed by atoms with Crippen LogP contribution in [-0.4, -0.2) is 13.0 Å². The molecule has 1 unspecified atom stereocenters. The largest absolute Gasteiger partial charge is 0.497 e. The predicted molar refractivity (Wildman–Crippen MR) is 99.9 cm³/mol. The van der Waals surface area contributed by atoms with Gasteiger partial charge in [-0.3, -0.25) is 4.79 Å². The molecule has 124 valence electrons. The standard InChI is InChI=1S/C22H19NO2/c1-15(24)23-21-10-6-5-8-19(21)18-7-3-4-9-20(18)22(23)16-11-13-17(25-2)14-12-16/h3-14,22H,1-2H3. The molecule has 0 spiro atoms. The normalized spacial score (nSPS) is 15.3. The first-order valence-corrected chi connectivity index (χ1v) is 8.33. The number of hydrogen-bond acceptors (Lipinski definition) is 2. The van der Waals surface area contributed by atoms with E-state index in [0.29, 0.717) is 0 Å². The fraction of sp³-hybridized carbons (Fsp3) is 0.136. The number of amides is 1. The summed E-state index contributed by atoms with van der Waals surface area (Å²) >= 11 is 0. The Morgan fingerprint density at radius 1 is 0.880 bits per heavy atom. The Morgan fingerprint density at radius 3 is 2.20 bits per heavy atom. The van der Waals surface area contributed by atoms with Gasteiger partial charge in [0, 0.05) is 12.5 Å². The van der Waals surface area contributed by atoms with Gasteiger partial charge in [0.1, 0.15) is 5.75 Å². The molecule has 0 radical (unpaired) electrons. The van der Waals surface area contributed by atoms with Gasteiger partial charge in [0.15, 0.2) is 0 Å². The van der Waals surface area contributed by atoms with Gasteiger partial charge < -0.3 is 9.64 Å². The van der Waals surface area contributed by atoms with Crippen molar-refractivity contribution in [1.82, 2.24) is 0 Å². The topological polar surface area (TPSA) is 29.5 Å². The molecule has 0 fully saturated rings. The van der Waals surface area contributed by atoms with Crippen molar-refractivity contribution in [2.45, 2.75) is 13.0 Å². The number of anilines is 1. The molecule has 1 heterocycles. The summed E-state index contributed by atoms with van der Waals surface area (Å²) in [6.45, 7) is 1.63. The second kappa shape index (κ2) is 6.10. The van der Waals surface area contributed by atoms with Crippen LogP contribution in [0, 0.1) is 0 Å². The fourth-order valence-electron chi connectivity index (χ4n) is 3.64. The second-order valence-electron chi connectivity index (χ2n) is 6.17. The number of nitrogens with zero attached hydrogens (tertiary/aromatic N) is 1. The van der Waals surface area contributed by atoms with Crippen LogP contribution in [0.3, 0.4) is 0 Å². The first-order valence-electron chi connectivity index (χ1n) is 8.33. The number of rotatable bonds is 2. The molecular weight excluding hydrogens is 310 g/mol. The predicted octanol–water partition coefficient (Wildman–Crippen LogP) is 4.82. The van der Waals surface area contributed by atoms with Gasteiger partial charge in [-0.1, -0.05) is 54.6 Å². The van der Waals surface area contributed by atoms with E-state index in [4.69, 9.17) is 4.74 Å². The van der Waals surface area contributed by atoms with E-state index < -0.39 is 0 Å². The second-order valence-corrected chi connectivity index (χ2v) is 6.17. The van der Waals surface area contributed by atoms with E-state index in [-0.39, 0.29) is 11.9 Å². The van der Waals surface area contributed by atoms with E-state index >= 15 is 0 Å². The highest BCUT2D eigenvalue weighted by atomic mass is 16.5.